The molecule has 2 atom stereocenters. The average molecular weight is 268 g/mol. The summed E-state index contributed by atoms with van der Waals surface area (Å²) in [6.45, 7) is 4.88. The molecule has 0 aromatic heterocycles. The molecule has 1 aromatic carbocycles. The van der Waals surface area contributed by atoms with Gasteiger partial charge in [-0.2, -0.15) is 0 Å². The Morgan fingerprint density at radius 1 is 1.63 bits per heavy atom. The highest BCUT2D eigenvalue weighted by atomic mass is 19.1. The Morgan fingerprint density at radius 2 is 2.37 bits per heavy atom. The largest absolute Gasteiger partial charge is 0.377 e. The van der Waals surface area contributed by atoms with Gasteiger partial charge in [0.15, 0.2) is 0 Å². The maximum Gasteiger partial charge on any atom is 0.274 e. The van der Waals surface area contributed by atoms with Gasteiger partial charge < -0.3 is 10.1 Å². The SMILES string of the molecule is CC1OCCC1(C)NCc1cc(F)ccc1[N+](=O)[O-]. The predicted octanol–water partition coefficient (Wildman–Crippen LogP) is 2.39. The predicted molar refractivity (Wildman–Crippen MR) is 68.3 cm³/mol. The van der Waals surface area contributed by atoms with Crippen LogP contribution in [0.2, 0.25) is 0 Å². The average Bonchev–Trinajstić information content (AvgIpc) is 2.67. The molecule has 1 aliphatic rings. The molecule has 104 valence electrons. The molecule has 19 heavy (non-hydrogen) atoms. The lowest BCUT2D eigenvalue weighted by Crippen LogP contribution is -2.47. The standard InChI is InChI=1S/C13H17FN2O3/c1-9-13(2,5-6-19-9)15-8-10-7-11(14)3-4-12(10)16(17)18/h3-4,7,9,15H,5-6,8H2,1-2H3. The van der Waals surface area contributed by atoms with Crippen molar-refractivity contribution in [3.05, 3.63) is 39.7 Å². The quantitative estimate of drug-likeness (QED) is 0.672. The van der Waals surface area contributed by atoms with Crippen molar-refractivity contribution in [3.8, 4) is 0 Å². The van der Waals surface area contributed by atoms with Gasteiger partial charge in [-0.1, -0.05) is 0 Å². The van der Waals surface area contributed by atoms with Crippen molar-refractivity contribution in [2.75, 3.05) is 6.61 Å². The molecule has 2 unspecified atom stereocenters. The molecular weight excluding hydrogens is 251 g/mol. The molecule has 5 nitrogen and oxygen atoms in total. The van der Waals surface area contributed by atoms with Crippen molar-refractivity contribution >= 4 is 5.69 Å². The lowest BCUT2D eigenvalue weighted by Gasteiger charge is -2.29. The highest BCUT2D eigenvalue weighted by molar-refractivity contribution is 5.40. The van der Waals surface area contributed by atoms with Crippen LogP contribution in [0.3, 0.4) is 0 Å². The van der Waals surface area contributed by atoms with Crippen LogP contribution in [-0.4, -0.2) is 23.2 Å². The Labute approximate surface area is 110 Å². The molecule has 0 saturated carbocycles. The number of benzene rings is 1. The normalized spacial score (nSPS) is 26.6. The summed E-state index contributed by atoms with van der Waals surface area (Å²) in [5.74, 6) is -0.469. The molecule has 1 aromatic rings. The molecule has 1 saturated heterocycles. The molecule has 1 heterocycles. The number of rotatable bonds is 4. The van der Waals surface area contributed by atoms with Crippen LogP contribution < -0.4 is 5.32 Å². The van der Waals surface area contributed by atoms with Gasteiger partial charge in [0.05, 0.1) is 11.0 Å². The number of nitro groups is 1. The second-order valence-corrected chi connectivity index (χ2v) is 5.06. The Balaban J connectivity index is 2.15. The molecule has 1 fully saturated rings. The van der Waals surface area contributed by atoms with E-state index in [0.717, 1.165) is 12.5 Å². The summed E-state index contributed by atoms with van der Waals surface area (Å²) in [4.78, 5) is 10.4. The lowest BCUT2D eigenvalue weighted by molar-refractivity contribution is -0.385. The molecule has 0 radical (unpaired) electrons. The molecule has 1 aliphatic heterocycles. The highest BCUT2D eigenvalue weighted by Crippen LogP contribution is 2.27. The molecular formula is C13H17FN2O3. The molecule has 1 N–H and O–H groups in total. The van der Waals surface area contributed by atoms with Crippen LogP contribution in [0.5, 0.6) is 0 Å². The van der Waals surface area contributed by atoms with Crippen LogP contribution in [0.1, 0.15) is 25.8 Å². The van der Waals surface area contributed by atoms with Gasteiger partial charge in [0.1, 0.15) is 5.82 Å². The summed E-state index contributed by atoms with van der Waals surface area (Å²) in [7, 11) is 0. The summed E-state index contributed by atoms with van der Waals surface area (Å²) in [6.07, 6.45) is 0.859. The van der Waals surface area contributed by atoms with E-state index in [1.165, 1.54) is 12.1 Å². The van der Waals surface area contributed by atoms with Gasteiger partial charge in [-0.3, -0.25) is 10.1 Å². The van der Waals surface area contributed by atoms with Crippen molar-refractivity contribution in [2.45, 2.75) is 38.5 Å². The van der Waals surface area contributed by atoms with E-state index in [1.54, 1.807) is 0 Å². The van der Waals surface area contributed by atoms with Crippen LogP contribution in [-0.2, 0) is 11.3 Å². The molecule has 0 spiro atoms. The van der Waals surface area contributed by atoms with E-state index in [4.69, 9.17) is 4.74 Å². The minimum Gasteiger partial charge on any atom is -0.377 e. The summed E-state index contributed by atoms with van der Waals surface area (Å²) in [5, 5.41) is 14.2. The molecule has 0 amide bonds. The fourth-order valence-corrected chi connectivity index (χ4v) is 2.24. The van der Waals surface area contributed by atoms with Gasteiger partial charge in [0, 0.05) is 30.3 Å². The summed E-state index contributed by atoms with van der Waals surface area (Å²) in [6, 6.07) is 3.50. The zero-order valence-corrected chi connectivity index (χ0v) is 11.0. The van der Waals surface area contributed by atoms with Gasteiger partial charge in [0.2, 0.25) is 0 Å². The van der Waals surface area contributed by atoms with E-state index in [9.17, 15) is 14.5 Å². The van der Waals surface area contributed by atoms with Crippen LogP contribution in [0.4, 0.5) is 10.1 Å². The Hall–Kier alpha value is -1.53. The van der Waals surface area contributed by atoms with E-state index in [-0.39, 0.29) is 23.9 Å². The van der Waals surface area contributed by atoms with Crippen LogP contribution in [0.15, 0.2) is 18.2 Å². The third kappa shape index (κ3) is 2.90. The Morgan fingerprint density at radius 3 is 2.95 bits per heavy atom. The van der Waals surface area contributed by atoms with E-state index < -0.39 is 10.7 Å². The lowest BCUT2D eigenvalue weighted by atomic mass is 9.94. The number of halogens is 1. The van der Waals surface area contributed by atoms with Crippen LogP contribution in [0, 0.1) is 15.9 Å². The molecule has 6 heteroatoms. The Kier molecular flexibility index (Phi) is 3.82. The number of hydrogen-bond donors (Lipinski definition) is 1. The number of nitrogens with zero attached hydrogens (tertiary/aromatic N) is 1. The van der Waals surface area contributed by atoms with Crippen molar-refractivity contribution in [2.24, 2.45) is 0 Å². The van der Waals surface area contributed by atoms with Gasteiger partial charge in [-0.15, -0.1) is 0 Å². The maximum atomic E-state index is 13.2. The van der Waals surface area contributed by atoms with E-state index >= 15 is 0 Å². The summed E-state index contributed by atoms with van der Waals surface area (Å²) >= 11 is 0. The minimum atomic E-state index is -0.493. The third-order valence-corrected chi connectivity index (χ3v) is 3.81. The van der Waals surface area contributed by atoms with Crippen molar-refractivity contribution in [1.82, 2.24) is 5.32 Å². The first-order chi connectivity index (χ1) is 8.92. The topological polar surface area (TPSA) is 64.4 Å². The van der Waals surface area contributed by atoms with Crippen LogP contribution in [0.25, 0.3) is 0 Å². The number of nitrogens with one attached hydrogen (secondary N) is 1. The molecule has 0 aliphatic carbocycles. The maximum absolute atomic E-state index is 13.2. The first kappa shape index (κ1) is 13.9. The third-order valence-electron chi connectivity index (χ3n) is 3.81. The van der Waals surface area contributed by atoms with Crippen LogP contribution >= 0.6 is 0 Å². The van der Waals surface area contributed by atoms with E-state index in [1.807, 2.05) is 13.8 Å². The first-order valence-electron chi connectivity index (χ1n) is 6.22. The monoisotopic (exact) mass is 268 g/mol. The van der Waals surface area contributed by atoms with Crippen molar-refractivity contribution in [1.29, 1.82) is 0 Å². The zero-order valence-electron chi connectivity index (χ0n) is 11.0. The highest BCUT2D eigenvalue weighted by Gasteiger charge is 2.36. The fourth-order valence-electron chi connectivity index (χ4n) is 2.24. The Bertz CT molecular complexity index is 495. The smallest absolute Gasteiger partial charge is 0.274 e. The fraction of sp³-hybridized carbons (Fsp3) is 0.538. The molecule has 0 bridgehead atoms. The second kappa shape index (κ2) is 5.22. The summed E-state index contributed by atoms with van der Waals surface area (Å²) < 4.78 is 18.7. The number of ether oxygens (including phenoxy) is 1. The summed E-state index contributed by atoms with van der Waals surface area (Å²) in [5.41, 5.74) is 0.0505. The zero-order chi connectivity index (χ0) is 14.0. The van der Waals surface area contributed by atoms with Crippen molar-refractivity contribution < 1.29 is 14.1 Å². The van der Waals surface area contributed by atoms with Crippen molar-refractivity contribution in [3.63, 3.8) is 0 Å². The van der Waals surface area contributed by atoms with Gasteiger partial charge in [0.25, 0.3) is 5.69 Å². The van der Waals surface area contributed by atoms with E-state index in [0.29, 0.717) is 12.2 Å². The van der Waals surface area contributed by atoms with Gasteiger partial charge >= 0.3 is 0 Å². The second-order valence-electron chi connectivity index (χ2n) is 5.06. The number of nitro benzene ring substituents is 1. The van der Waals surface area contributed by atoms with Gasteiger partial charge in [-0.05, 0) is 32.4 Å². The first-order valence-corrected chi connectivity index (χ1v) is 6.22. The number of hydrogen-bond acceptors (Lipinski definition) is 4. The minimum absolute atomic E-state index is 0.0279. The van der Waals surface area contributed by atoms with Gasteiger partial charge in [-0.25, -0.2) is 4.39 Å². The van der Waals surface area contributed by atoms with E-state index in [2.05, 4.69) is 5.32 Å². The molecule has 2 rings (SSSR count).